The van der Waals surface area contributed by atoms with E-state index in [1.54, 1.807) is 16.3 Å². The number of hydrogen-bond acceptors (Lipinski definition) is 5. The molecule has 2 aromatic rings. The van der Waals surface area contributed by atoms with Crippen LogP contribution in [0.15, 0.2) is 27.8 Å². The lowest BCUT2D eigenvalue weighted by atomic mass is 10.2. The first-order chi connectivity index (χ1) is 11.4. The summed E-state index contributed by atoms with van der Waals surface area (Å²) in [6, 6.07) is 5.35. The van der Waals surface area contributed by atoms with E-state index in [4.69, 9.17) is 0 Å². The Morgan fingerprint density at radius 2 is 2.25 bits per heavy atom. The normalized spacial score (nSPS) is 18.2. The fourth-order valence-electron chi connectivity index (χ4n) is 2.94. The maximum atomic E-state index is 12.3. The number of rotatable bonds is 5. The number of nitrogens with zero attached hydrogens (tertiary/aromatic N) is 3. The first-order valence-corrected chi connectivity index (χ1v) is 10.1. The molecule has 1 aliphatic heterocycles. The van der Waals surface area contributed by atoms with E-state index < -0.39 is 10.0 Å². The second-order valence-electron chi connectivity index (χ2n) is 5.91. The number of likely N-dealkylation sites (tertiary alicyclic amines) is 1. The molecule has 1 amide bonds. The fraction of sp³-hybridized carbons (Fsp3) is 0.467. The highest BCUT2D eigenvalue weighted by atomic mass is 32.2. The largest absolute Gasteiger partial charge is 0.339 e. The summed E-state index contributed by atoms with van der Waals surface area (Å²) in [5.74, 6) is -0.209. The van der Waals surface area contributed by atoms with Crippen LogP contribution in [-0.2, 0) is 14.8 Å². The van der Waals surface area contributed by atoms with Crippen LogP contribution in [0.1, 0.15) is 23.9 Å². The molecule has 7 nitrogen and oxygen atoms in total. The zero-order chi connectivity index (χ0) is 17.3. The average molecular weight is 368 g/mol. The monoisotopic (exact) mass is 368 g/mol. The van der Waals surface area contributed by atoms with Crippen LogP contribution >= 0.6 is 11.3 Å². The van der Waals surface area contributed by atoms with Crippen LogP contribution in [0.4, 0.5) is 0 Å². The maximum absolute atomic E-state index is 12.3. The van der Waals surface area contributed by atoms with Gasteiger partial charge in [0.1, 0.15) is 4.21 Å². The molecule has 0 aromatic carbocycles. The van der Waals surface area contributed by atoms with Gasteiger partial charge in [-0.15, -0.1) is 11.3 Å². The quantitative estimate of drug-likeness (QED) is 0.862. The molecule has 2 aromatic heterocycles. The molecule has 1 atom stereocenters. The highest BCUT2D eigenvalue weighted by Gasteiger charge is 2.29. The number of aromatic nitrogens is 2. The van der Waals surface area contributed by atoms with Gasteiger partial charge in [0.2, 0.25) is 5.91 Å². The molecular weight excluding hydrogens is 348 g/mol. The molecule has 1 unspecified atom stereocenters. The van der Waals surface area contributed by atoms with Crippen molar-refractivity contribution in [3.05, 3.63) is 35.0 Å². The van der Waals surface area contributed by atoms with Crippen LogP contribution in [0.3, 0.4) is 0 Å². The van der Waals surface area contributed by atoms with Crippen molar-refractivity contribution in [2.75, 3.05) is 19.6 Å². The van der Waals surface area contributed by atoms with E-state index in [1.807, 2.05) is 24.6 Å². The van der Waals surface area contributed by atoms with Gasteiger partial charge in [-0.05, 0) is 37.8 Å². The van der Waals surface area contributed by atoms with Crippen LogP contribution in [-0.4, -0.2) is 48.6 Å². The summed E-state index contributed by atoms with van der Waals surface area (Å²) in [4.78, 5) is 14.0. The lowest BCUT2D eigenvalue weighted by Gasteiger charge is -2.17. The van der Waals surface area contributed by atoms with Crippen molar-refractivity contribution in [1.29, 1.82) is 0 Å². The minimum atomic E-state index is -3.61. The molecule has 130 valence electrons. The summed E-state index contributed by atoms with van der Waals surface area (Å²) >= 11 is 1.13. The molecule has 3 heterocycles. The van der Waals surface area contributed by atoms with Crippen molar-refractivity contribution in [2.45, 2.75) is 30.5 Å². The standard InChI is InChI=1S/C15H20N4O3S2/c1-11-8-12(2)19(17-11)13-5-6-18(10-13)14(20)9-16-24(21,22)15-4-3-7-23-15/h3-4,7-8,13,16H,5-6,9-10H2,1-2H3. The number of aryl methyl sites for hydroxylation is 2. The van der Waals surface area contributed by atoms with Crippen LogP contribution in [0.25, 0.3) is 0 Å². The first-order valence-electron chi connectivity index (χ1n) is 7.70. The van der Waals surface area contributed by atoms with Gasteiger partial charge in [0.15, 0.2) is 0 Å². The summed E-state index contributed by atoms with van der Waals surface area (Å²) < 4.78 is 28.7. The van der Waals surface area contributed by atoms with E-state index in [0.717, 1.165) is 29.1 Å². The van der Waals surface area contributed by atoms with E-state index in [2.05, 4.69) is 9.82 Å². The molecule has 1 saturated heterocycles. The highest BCUT2D eigenvalue weighted by molar-refractivity contribution is 7.91. The molecule has 3 rings (SSSR count). The SMILES string of the molecule is Cc1cc(C)n(C2CCN(C(=O)CNS(=O)(=O)c3cccs3)C2)n1. The number of carbonyl (C=O) groups excluding carboxylic acids is 1. The second kappa shape index (κ2) is 6.66. The summed E-state index contributed by atoms with van der Waals surface area (Å²) in [6.07, 6.45) is 0.825. The van der Waals surface area contributed by atoms with Gasteiger partial charge in [0, 0.05) is 18.8 Å². The molecule has 0 spiro atoms. The number of sulfonamides is 1. The number of amides is 1. The fourth-order valence-corrected chi connectivity index (χ4v) is 4.95. The van der Waals surface area contributed by atoms with Gasteiger partial charge >= 0.3 is 0 Å². The molecule has 24 heavy (non-hydrogen) atoms. The third-order valence-corrected chi connectivity index (χ3v) is 6.88. The van der Waals surface area contributed by atoms with Gasteiger partial charge in [-0.25, -0.2) is 13.1 Å². The van der Waals surface area contributed by atoms with Crippen LogP contribution in [0.2, 0.25) is 0 Å². The predicted molar refractivity (Wildman–Crippen MR) is 91.4 cm³/mol. The molecule has 0 radical (unpaired) electrons. The number of hydrogen-bond donors (Lipinski definition) is 1. The lowest BCUT2D eigenvalue weighted by Crippen LogP contribution is -2.39. The Labute approximate surface area is 145 Å². The summed E-state index contributed by atoms with van der Waals surface area (Å²) in [7, 11) is -3.61. The van der Waals surface area contributed by atoms with Crippen LogP contribution in [0.5, 0.6) is 0 Å². The Morgan fingerprint density at radius 3 is 2.88 bits per heavy atom. The zero-order valence-corrected chi connectivity index (χ0v) is 15.2. The number of thiophene rings is 1. The number of carbonyl (C=O) groups is 1. The number of nitrogens with one attached hydrogen (secondary N) is 1. The Balaban J connectivity index is 1.58. The van der Waals surface area contributed by atoms with Gasteiger partial charge in [-0.2, -0.15) is 5.10 Å². The molecule has 1 N–H and O–H groups in total. The van der Waals surface area contributed by atoms with Gasteiger partial charge in [0.25, 0.3) is 10.0 Å². The van der Waals surface area contributed by atoms with Gasteiger partial charge in [-0.3, -0.25) is 9.48 Å². The van der Waals surface area contributed by atoms with E-state index in [1.165, 1.54) is 6.07 Å². The Morgan fingerprint density at radius 1 is 1.46 bits per heavy atom. The average Bonchev–Trinajstić information content (AvgIpc) is 3.25. The summed E-state index contributed by atoms with van der Waals surface area (Å²) in [5, 5.41) is 6.16. The first kappa shape index (κ1) is 17.1. The Hall–Kier alpha value is -1.71. The zero-order valence-electron chi connectivity index (χ0n) is 13.6. The third kappa shape index (κ3) is 3.52. The minimum absolute atomic E-state index is 0.150. The summed E-state index contributed by atoms with van der Waals surface area (Å²) in [5.41, 5.74) is 2.03. The molecule has 0 aliphatic carbocycles. The van der Waals surface area contributed by atoms with E-state index in [9.17, 15) is 13.2 Å². The van der Waals surface area contributed by atoms with Crippen molar-refractivity contribution >= 4 is 27.3 Å². The van der Waals surface area contributed by atoms with Crippen molar-refractivity contribution in [2.24, 2.45) is 0 Å². The smallest absolute Gasteiger partial charge is 0.250 e. The van der Waals surface area contributed by atoms with Crippen molar-refractivity contribution in [3.63, 3.8) is 0 Å². The van der Waals surface area contributed by atoms with Crippen LogP contribution in [0, 0.1) is 13.8 Å². The van der Waals surface area contributed by atoms with E-state index in [-0.39, 0.29) is 22.7 Å². The summed E-state index contributed by atoms with van der Waals surface area (Å²) in [6.45, 7) is 4.90. The van der Waals surface area contributed by atoms with Crippen molar-refractivity contribution in [1.82, 2.24) is 19.4 Å². The van der Waals surface area contributed by atoms with Gasteiger partial charge in [-0.1, -0.05) is 6.07 Å². The maximum Gasteiger partial charge on any atom is 0.250 e. The van der Waals surface area contributed by atoms with E-state index >= 15 is 0 Å². The van der Waals surface area contributed by atoms with Crippen molar-refractivity contribution < 1.29 is 13.2 Å². The predicted octanol–water partition coefficient (Wildman–Crippen LogP) is 1.31. The Kier molecular flexibility index (Phi) is 4.75. The molecule has 1 fully saturated rings. The molecule has 9 heteroatoms. The minimum Gasteiger partial charge on any atom is -0.339 e. The Bertz CT molecular complexity index is 827. The van der Waals surface area contributed by atoms with E-state index in [0.29, 0.717) is 13.1 Å². The molecule has 0 bridgehead atoms. The van der Waals surface area contributed by atoms with Crippen LogP contribution < -0.4 is 4.72 Å². The van der Waals surface area contributed by atoms with Gasteiger partial charge < -0.3 is 4.90 Å². The van der Waals surface area contributed by atoms with Gasteiger partial charge in [0.05, 0.1) is 18.3 Å². The third-order valence-electron chi connectivity index (χ3n) is 4.08. The molecule has 1 aliphatic rings. The molecule has 0 saturated carbocycles. The highest BCUT2D eigenvalue weighted by Crippen LogP contribution is 2.23. The molecular formula is C15H20N4O3S2. The lowest BCUT2D eigenvalue weighted by molar-refractivity contribution is -0.129. The topological polar surface area (TPSA) is 84.3 Å². The second-order valence-corrected chi connectivity index (χ2v) is 8.85. The van der Waals surface area contributed by atoms with Crippen molar-refractivity contribution in [3.8, 4) is 0 Å².